The van der Waals surface area contributed by atoms with Gasteiger partial charge in [0.2, 0.25) is 0 Å². The molecule has 0 saturated carbocycles. The number of benzene rings is 1. The highest BCUT2D eigenvalue weighted by Crippen LogP contribution is 2.25. The van der Waals surface area contributed by atoms with E-state index in [1.807, 2.05) is 0 Å². The van der Waals surface area contributed by atoms with E-state index in [0.717, 1.165) is 0 Å². The maximum atomic E-state index is 11.9. The van der Waals surface area contributed by atoms with E-state index in [1.165, 1.54) is 23.6 Å². The number of hydrazine groups is 1. The van der Waals surface area contributed by atoms with Gasteiger partial charge in [0.25, 0.3) is 5.91 Å². The summed E-state index contributed by atoms with van der Waals surface area (Å²) >= 11 is 0. The minimum Gasteiger partial charge on any atom is -0.396 e. The maximum Gasteiger partial charge on any atom is 0.278 e. The van der Waals surface area contributed by atoms with Gasteiger partial charge in [-0.2, -0.15) is 4.99 Å². The molecule has 0 atom stereocenters. The van der Waals surface area contributed by atoms with Gasteiger partial charge in [-0.05, 0) is 30.3 Å². The summed E-state index contributed by atoms with van der Waals surface area (Å²) in [6.07, 6.45) is 3.47. The van der Waals surface area contributed by atoms with Gasteiger partial charge in [-0.3, -0.25) is 14.6 Å². The number of hydrogen-bond donors (Lipinski definition) is 2. The van der Waals surface area contributed by atoms with Crippen LogP contribution in [0.15, 0.2) is 41.5 Å². The van der Waals surface area contributed by atoms with Crippen LogP contribution in [0.5, 0.6) is 0 Å². The van der Waals surface area contributed by atoms with Crippen LogP contribution >= 0.6 is 0 Å². The van der Waals surface area contributed by atoms with Crippen LogP contribution in [0.2, 0.25) is 0 Å². The lowest BCUT2D eigenvalue weighted by atomic mass is 10.2. The van der Waals surface area contributed by atoms with Crippen LogP contribution < -0.4 is 16.6 Å². The number of nitrogens with two attached hydrogens (primary N) is 2. The number of hydrogen-bond acceptors (Lipinski definition) is 6. The molecule has 8 heteroatoms. The molecule has 0 fully saturated rings. The number of aromatic nitrogens is 1. The summed E-state index contributed by atoms with van der Waals surface area (Å²) < 4.78 is 0. The molecule has 0 radical (unpaired) electrons. The molecule has 2 rings (SSSR count). The van der Waals surface area contributed by atoms with Gasteiger partial charge in [-0.1, -0.05) is 0 Å². The van der Waals surface area contributed by atoms with E-state index < -0.39 is 0 Å². The fourth-order valence-corrected chi connectivity index (χ4v) is 1.89. The zero-order chi connectivity index (χ0) is 17.7. The monoisotopic (exact) mass is 326 g/mol. The molecule has 0 aliphatic carbocycles. The summed E-state index contributed by atoms with van der Waals surface area (Å²) in [5, 5.41) is 1.28. The molecular weight excluding hydrogens is 308 g/mol. The van der Waals surface area contributed by atoms with Crippen LogP contribution in [0, 0.1) is 0 Å². The molecular formula is C16H18N6O2. The lowest BCUT2D eigenvalue weighted by Crippen LogP contribution is -2.27. The molecule has 1 aromatic carbocycles. The number of rotatable bonds is 5. The smallest absolute Gasteiger partial charge is 0.278 e. The first-order valence-corrected chi connectivity index (χ1v) is 7.03. The van der Waals surface area contributed by atoms with Crippen LogP contribution in [0.1, 0.15) is 20.7 Å². The van der Waals surface area contributed by atoms with Crippen molar-refractivity contribution < 1.29 is 9.59 Å². The van der Waals surface area contributed by atoms with Crippen molar-refractivity contribution in [3.63, 3.8) is 0 Å². The summed E-state index contributed by atoms with van der Waals surface area (Å²) in [6.45, 7) is 0. The predicted molar refractivity (Wildman–Crippen MR) is 93.3 cm³/mol. The van der Waals surface area contributed by atoms with E-state index in [-0.39, 0.29) is 11.6 Å². The average molecular weight is 326 g/mol. The Balaban J connectivity index is 2.21. The van der Waals surface area contributed by atoms with E-state index in [9.17, 15) is 9.59 Å². The molecule has 2 aromatic rings. The summed E-state index contributed by atoms with van der Waals surface area (Å²) in [5.74, 6) is 5.97. The molecule has 24 heavy (non-hydrogen) atoms. The number of amides is 1. The van der Waals surface area contributed by atoms with E-state index in [2.05, 4.69) is 9.98 Å². The SMILES string of the molecule is CN(C)C=NC(=O)c1ccc(N(N)c2ncc(C=O)cc2N)cc1. The van der Waals surface area contributed by atoms with Gasteiger partial charge in [0.1, 0.15) is 0 Å². The molecule has 0 bridgehead atoms. The normalized spacial score (nSPS) is 10.6. The third kappa shape index (κ3) is 3.93. The first-order valence-electron chi connectivity index (χ1n) is 7.03. The second-order valence-electron chi connectivity index (χ2n) is 5.23. The quantitative estimate of drug-likeness (QED) is 0.279. The first kappa shape index (κ1) is 17.1. The second-order valence-corrected chi connectivity index (χ2v) is 5.23. The molecule has 1 heterocycles. The molecule has 8 nitrogen and oxygen atoms in total. The molecule has 0 aliphatic heterocycles. The highest BCUT2D eigenvalue weighted by atomic mass is 16.1. The zero-order valence-electron chi connectivity index (χ0n) is 13.4. The number of nitrogen functional groups attached to an aromatic ring is 1. The molecule has 1 aromatic heterocycles. The highest BCUT2D eigenvalue weighted by Gasteiger charge is 2.12. The Morgan fingerprint density at radius 3 is 2.46 bits per heavy atom. The number of anilines is 3. The van der Waals surface area contributed by atoms with Crippen molar-refractivity contribution >= 4 is 35.7 Å². The molecule has 0 saturated heterocycles. The fraction of sp³-hybridized carbons (Fsp3) is 0.125. The van der Waals surface area contributed by atoms with E-state index in [1.54, 1.807) is 43.3 Å². The van der Waals surface area contributed by atoms with Gasteiger partial charge in [0.15, 0.2) is 12.1 Å². The zero-order valence-corrected chi connectivity index (χ0v) is 13.4. The van der Waals surface area contributed by atoms with Gasteiger partial charge in [-0.25, -0.2) is 10.8 Å². The van der Waals surface area contributed by atoms with Crippen LogP contribution in [0.4, 0.5) is 17.2 Å². The molecule has 0 aliphatic rings. The predicted octanol–water partition coefficient (Wildman–Crippen LogP) is 1.22. The molecule has 124 valence electrons. The summed E-state index contributed by atoms with van der Waals surface area (Å²) in [5.41, 5.74) is 7.52. The molecule has 4 N–H and O–H groups in total. The third-order valence-corrected chi connectivity index (χ3v) is 3.08. The minimum atomic E-state index is -0.355. The van der Waals surface area contributed by atoms with Crippen molar-refractivity contribution in [3.05, 3.63) is 47.7 Å². The van der Waals surface area contributed by atoms with Crippen molar-refractivity contribution in [3.8, 4) is 0 Å². The first-order chi connectivity index (χ1) is 11.4. The van der Waals surface area contributed by atoms with Gasteiger partial charge >= 0.3 is 0 Å². The molecule has 0 unspecified atom stereocenters. The van der Waals surface area contributed by atoms with Crippen molar-refractivity contribution in [2.24, 2.45) is 10.8 Å². The van der Waals surface area contributed by atoms with Crippen molar-refractivity contribution in [1.82, 2.24) is 9.88 Å². The summed E-state index contributed by atoms with van der Waals surface area (Å²) in [6, 6.07) is 8.03. The number of pyridine rings is 1. The third-order valence-electron chi connectivity index (χ3n) is 3.08. The number of carbonyl (C=O) groups is 2. The Labute approximate surface area is 139 Å². The minimum absolute atomic E-state index is 0.276. The fourth-order valence-electron chi connectivity index (χ4n) is 1.89. The Morgan fingerprint density at radius 1 is 1.25 bits per heavy atom. The Bertz CT molecular complexity index is 771. The highest BCUT2D eigenvalue weighted by molar-refractivity contribution is 5.99. The van der Waals surface area contributed by atoms with Gasteiger partial charge in [0.05, 0.1) is 17.7 Å². The summed E-state index contributed by atoms with van der Waals surface area (Å²) in [7, 11) is 3.55. The number of aldehydes is 1. The molecule has 0 spiro atoms. The maximum absolute atomic E-state index is 11.9. The number of carbonyl (C=O) groups excluding carboxylic acids is 2. The van der Waals surface area contributed by atoms with E-state index in [0.29, 0.717) is 28.9 Å². The molecule has 1 amide bonds. The largest absolute Gasteiger partial charge is 0.396 e. The van der Waals surface area contributed by atoms with E-state index in [4.69, 9.17) is 11.6 Å². The topological polar surface area (TPSA) is 118 Å². The van der Waals surface area contributed by atoms with Crippen molar-refractivity contribution in [1.29, 1.82) is 0 Å². The van der Waals surface area contributed by atoms with Gasteiger partial charge < -0.3 is 10.6 Å². The Kier molecular flexibility index (Phi) is 5.23. The summed E-state index contributed by atoms with van der Waals surface area (Å²) in [4.78, 5) is 32.2. The van der Waals surface area contributed by atoms with Crippen molar-refractivity contribution in [2.45, 2.75) is 0 Å². The average Bonchev–Trinajstić information content (AvgIpc) is 2.59. The van der Waals surface area contributed by atoms with E-state index >= 15 is 0 Å². The Hall–Kier alpha value is -3.26. The van der Waals surface area contributed by atoms with Gasteiger partial charge in [-0.15, -0.1) is 0 Å². The number of aliphatic imine (C=N–C) groups is 1. The van der Waals surface area contributed by atoms with Crippen LogP contribution in [-0.4, -0.2) is 42.5 Å². The van der Waals surface area contributed by atoms with Crippen LogP contribution in [0.3, 0.4) is 0 Å². The lowest BCUT2D eigenvalue weighted by Gasteiger charge is -2.19. The Morgan fingerprint density at radius 2 is 1.92 bits per heavy atom. The van der Waals surface area contributed by atoms with Crippen LogP contribution in [-0.2, 0) is 0 Å². The van der Waals surface area contributed by atoms with Crippen LogP contribution in [0.25, 0.3) is 0 Å². The lowest BCUT2D eigenvalue weighted by molar-refractivity contribution is 0.100. The van der Waals surface area contributed by atoms with Crippen molar-refractivity contribution in [2.75, 3.05) is 24.8 Å². The standard InChI is InChI=1S/C16H18N6O2/c1-21(2)10-20-16(24)12-3-5-13(6-4-12)22(18)15-14(17)7-11(9-23)8-19-15/h3-10H,17-18H2,1-2H3. The van der Waals surface area contributed by atoms with Gasteiger partial charge in [0, 0.05) is 31.4 Å². The number of nitrogens with zero attached hydrogens (tertiary/aromatic N) is 4. The second kappa shape index (κ2) is 7.34.